The average Bonchev–Trinajstić information content (AvgIpc) is 3.04. The number of fused-ring (bicyclic) bond motifs is 1. The topological polar surface area (TPSA) is 72.9 Å². The quantitative estimate of drug-likeness (QED) is 0.636. The van der Waals surface area contributed by atoms with Gasteiger partial charge in [0.1, 0.15) is 0 Å². The van der Waals surface area contributed by atoms with Crippen LogP contribution in [-0.4, -0.2) is 49.8 Å². The molecule has 0 bridgehead atoms. The van der Waals surface area contributed by atoms with Crippen LogP contribution in [0.5, 0.6) is 0 Å². The third-order valence-electron chi connectivity index (χ3n) is 4.46. The number of hydrogen-bond acceptors (Lipinski definition) is 5. The number of benzene rings is 1. The molecular formula is C20H26N2O4. The van der Waals surface area contributed by atoms with Gasteiger partial charge in [-0.05, 0) is 11.6 Å². The fraction of sp³-hybridized carbons (Fsp3) is 0.500. The first-order chi connectivity index (χ1) is 12.5. The number of methoxy groups -OCH3 is 1. The van der Waals surface area contributed by atoms with Gasteiger partial charge in [-0.2, -0.15) is 0 Å². The Morgan fingerprint density at radius 1 is 1.38 bits per heavy atom. The van der Waals surface area contributed by atoms with Crippen molar-refractivity contribution in [2.24, 2.45) is 10.4 Å². The Morgan fingerprint density at radius 2 is 2.12 bits per heavy atom. The third kappa shape index (κ3) is 4.51. The number of para-hydroxylation sites is 1. The van der Waals surface area contributed by atoms with Crippen LogP contribution in [0.4, 0.5) is 0 Å². The standard InChI is InChI=1S/C20H26N2O4/c1-20(2)12-25-18(26-13-20)8-9-21-17(19(23)24-3)10-14-11-22-16-7-5-4-6-15(14)16/h4-7,9,11,17-18,22H,8,10,12-13H2,1-3H3/t17-/m0/s1. The summed E-state index contributed by atoms with van der Waals surface area (Å²) in [5.41, 5.74) is 2.12. The lowest BCUT2D eigenvalue weighted by Gasteiger charge is -2.34. The Balaban J connectivity index is 1.64. The molecule has 1 aliphatic rings. The summed E-state index contributed by atoms with van der Waals surface area (Å²) in [6, 6.07) is 7.41. The van der Waals surface area contributed by atoms with Gasteiger partial charge < -0.3 is 19.2 Å². The van der Waals surface area contributed by atoms with Crippen molar-refractivity contribution in [1.29, 1.82) is 0 Å². The van der Waals surface area contributed by atoms with Gasteiger partial charge in [0.15, 0.2) is 12.3 Å². The second-order valence-corrected chi connectivity index (χ2v) is 7.39. The molecule has 6 nitrogen and oxygen atoms in total. The van der Waals surface area contributed by atoms with Gasteiger partial charge >= 0.3 is 5.97 Å². The molecule has 0 spiro atoms. The SMILES string of the molecule is COC(=O)[C@H](Cc1c[nH]c2ccccc12)N=CCC1OCC(C)(C)CO1. The van der Waals surface area contributed by atoms with E-state index in [-0.39, 0.29) is 17.7 Å². The van der Waals surface area contributed by atoms with Crippen LogP contribution in [0.3, 0.4) is 0 Å². The summed E-state index contributed by atoms with van der Waals surface area (Å²) >= 11 is 0. The van der Waals surface area contributed by atoms with Crippen molar-refractivity contribution < 1.29 is 19.0 Å². The van der Waals surface area contributed by atoms with Gasteiger partial charge in [-0.1, -0.05) is 32.0 Å². The normalized spacial score (nSPS) is 19.0. The average molecular weight is 358 g/mol. The van der Waals surface area contributed by atoms with Gasteiger partial charge in [0.25, 0.3) is 0 Å². The number of aromatic amines is 1. The number of carbonyl (C=O) groups is 1. The van der Waals surface area contributed by atoms with Crippen LogP contribution < -0.4 is 0 Å². The Kier molecular flexibility index (Phi) is 5.74. The number of carbonyl (C=O) groups excluding carboxylic acids is 1. The summed E-state index contributed by atoms with van der Waals surface area (Å²) in [4.78, 5) is 19.8. The van der Waals surface area contributed by atoms with Crippen LogP contribution in [0, 0.1) is 5.41 Å². The van der Waals surface area contributed by atoms with Crippen molar-refractivity contribution in [2.75, 3.05) is 20.3 Å². The van der Waals surface area contributed by atoms with E-state index in [1.165, 1.54) is 7.11 Å². The van der Waals surface area contributed by atoms with E-state index in [1.54, 1.807) is 6.21 Å². The Labute approximate surface area is 153 Å². The summed E-state index contributed by atoms with van der Waals surface area (Å²) < 4.78 is 16.3. The van der Waals surface area contributed by atoms with E-state index in [0.717, 1.165) is 16.5 Å². The molecule has 0 amide bonds. The number of hydrogen-bond donors (Lipinski definition) is 1. The van der Waals surface area contributed by atoms with Crippen molar-refractivity contribution in [1.82, 2.24) is 4.98 Å². The van der Waals surface area contributed by atoms with Crippen LogP contribution in [0.15, 0.2) is 35.5 Å². The molecule has 1 aromatic carbocycles. The highest BCUT2D eigenvalue weighted by molar-refractivity contribution is 5.85. The zero-order valence-electron chi connectivity index (χ0n) is 15.5. The lowest BCUT2D eigenvalue weighted by molar-refractivity contribution is -0.217. The minimum Gasteiger partial charge on any atom is -0.467 e. The molecular weight excluding hydrogens is 332 g/mol. The molecule has 0 unspecified atom stereocenters. The molecule has 1 aliphatic heterocycles. The third-order valence-corrected chi connectivity index (χ3v) is 4.46. The summed E-state index contributed by atoms with van der Waals surface area (Å²) in [6.45, 7) is 5.51. The van der Waals surface area contributed by atoms with Gasteiger partial charge in [0.05, 0.1) is 20.3 Å². The second-order valence-electron chi connectivity index (χ2n) is 7.39. The first kappa shape index (κ1) is 18.6. The zero-order chi connectivity index (χ0) is 18.6. The molecule has 0 aliphatic carbocycles. The van der Waals surface area contributed by atoms with Crippen molar-refractivity contribution in [3.05, 3.63) is 36.0 Å². The van der Waals surface area contributed by atoms with Crippen LogP contribution in [0.25, 0.3) is 10.9 Å². The van der Waals surface area contributed by atoms with Gasteiger partial charge in [-0.15, -0.1) is 0 Å². The highest BCUT2D eigenvalue weighted by Gasteiger charge is 2.28. The largest absolute Gasteiger partial charge is 0.467 e. The molecule has 26 heavy (non-hydrogen) atoms. The fourth-order valence-corrected chi connectivity index (χ4v) is 2.98. The van der Waals surface area contributed by atoms with E-state index in [9.17, 15) is 4.79 Å². The van der Waals surface area contributed by atoms with Gasteiger partial charge in [0, 0.05) is 41.6 Å². The highest BCUT2D eigenvalue weighted by atomic mass is 16.7. The smallest absolute Gasteiger partial charge is 0.330 e. The maximum absolute atomic E-state index is 12.1. The maximum Gasteiger partial charge on any atom is 0.330 e. The van der Waals surface area contributed by atoms with E-state index >= 15 is 0 Å². The predicted molar refractivity (Wildman–Crippen MR) is 100 cm³/mol. The van der Waals surface area contributed by atoms with Crippen LogP contribution >= 0.6 is 0 Å². The van der Waals surface area contributed by atoms with E-state index < -0.39 is 6.04 Å². The molecule has 1 N–H and O–H groups in total. The lowest BCUT2D eigenvalue weighted by Crippen LogP contribution is -2.37. The van der Waals surface area contributed by atoms with Crippen molar-refractivity contribution in [3.63, 3.8) is 0 Å². The predicted octanol–water partition coefficient (Wildman–Crippen LogP) is 3.11. The summed E-state index contributed by atoms with van der Waals surface area (Å²) in [5.74, 6) is -0.349. The lowest BCUT2D eigenvalue weighted by atomic mass is 9.95. The molecule has 6 heteroatoms. The molecule has 140 valence electrons. The molecule has 2 aromatic rings. The molecule has 0 saturated carbocycles. The summed E-state index contributed by atoms with van der Waals surface area (Å²) in [7, 11) is 1.38. The molecule has 0 radical (unpaired) electrons. The molecule has 1 aromatic heterocycles. The van der Waals surface area contributed by atoms with E-state index in [0.29, 0.717) is 26.1 Å². The number of esters is 1. The van der Waals surface area contributed by atoms with Gasteiger partial charge in [-0.3, -0.25) is 4.99 Å². The van der Waals surface area contributed by atoms with E-state index in [1.807, 2.05) is 30.5 Å². The number of nitrogens with one attached hydrogen (secondary N) is 1. The monoisotopic (exact) mass is 358 g/mol. The molecule has 1 fully saturated rings. The highest BCUT2D eigenvalue weighted by Crippen LogP contribution is 2.24. The zero-order valence-corrected chi connectivity index (χ0v) is 15.5. The van der Waals surface area contributed by atoms with Crippen LogP contribution in [0.2, 0.25) is 0 Å². The Bertz CT molecular complexity index is 771. The molecule has 2 heterocycles. The van der Waals surface area contributed by atoms with E-state index in [2.05, 4.69) is 23.8 Å². The number of aromatic nitrogens is 1. The molecule has 1 saturated heterocycles. The van der Waals surface area contributed by atoms with Gasteiger partial charge in [-0.25, -0.2) is 4.79 Å². The first-order valence-corrected chi connectivity index (χ1v) is 8.86. The van der Waals surface area contributed by atoms with Crippen molar-refractivity contribution >= 4 is 23.1 Å². The minimum atomic E-state index is -0.584. The van der Waals surface area contributed by atoms with E-state index in [4.69, 9.17) is 14.2 Å². The number of nitrogens with zero attached hydrogens (tertiary/aromatic N) is 1. The van der Waals surface area contributed by atoms with Crippen LogP contribution in [0.1, 0.15) is 25.8 Å². The number of aliphatic imine (C=N–C) groups is 1. The second kappa shape index (κ2) is 8.01. The summed E-state index contributed by atoms with van der Waals surface area (Å²) in [6.07, 6.45) is 4.31. The number of ether oxygens (including phenoxy) is 3. The number of H-pyrrole nitrogens is 1. The maximum atomic E-state index is 12.1. The number of rotatable bonds is 6. The minimum absolute atomic E-state index is 0.0392. The van der Waals surface area contributed by atoms with Crippen LogP contribution in [-0.2, 0) is 25.4 Å². The first-order valence-electron chi connectivity index (χ1n) is 8.86. The fourth-order valence-electron chi connectivity index (χ4n) is 2.98. The Hall–Kier alpha value is -2.18. The molecule has 3 rings (SSSR count). The summed E-state index contributed by atoms with van der Waals surface area (Å²) in [5, 5.41) is 1.10. The molecule has 1 atom stereocenters. The van der Waals surface area contributed by atoms with Gasteiger partial charge in [0.2, 0.25) is 0 Å². The van der Waals surface area contributed by atoms with Crippen molar-refractivity contribution in [2.45, 2.75) is 39.0 Å². The Morgan fingerprint density at radius 3 is 2.85 bits per heavy atom. The van der Waals surface area contributed by atoms with Crippen molar-refractivity contribution in [3.8, 4) is 0 Å².